The second-order valence-electron chi connectivity index (χ2n) is 8.70. The van der Waals surface area contributed by atoms with Crippen LogP contribution in [-0.4, -0.2) is 40.6 Å². The molecule has 1 aromatic heterocycles. The first-order valence-corrected chi connectivity index (χ1v) is 12.9. The zero-order valence-electron chi connectivity index (χ0n) is 20.1. The number of amides is 1. The Labute approximate surface area is 214 Å². The van der Waals surface area contributed by atoms with Gasteiger partial charge in [0.2, 0.25) is 0 Å². The molecule has 182 valence electrons. The highest BCUT2D eigenvalue weighted by molar-refractivity contribution is 7.98. The van der Waals surface area contributed by atoms with E-state index in [1.807, 2.05) is 59.5 Å². The van der Waals surface area contributed by atoms with Crippen molar-refractivity contribution in [3.8, 4) is 11.4 Å². The van der Waals surface area contributed by atoms with E-state index in [1.54, 1.807) is 29.9 Å². The molecule has 36 heavy (non-hydrogen) atoms. The summed E-state index contributed by atoms with van der Waals surface area (Å²) in [7, 11) is 1.60. The largest absolute Gasteiger partial charge is 0.497 e. The lowest BCUT2D eigenvalue weighted by atomic mass is 10.1. The standard InChI is InChI=1S/C29H27N3O3S/c1-3-20-9-11-21(12-10-20)19-36-29-30-26-17-22(27(33)31-15-4-5-16-31)13-14-25(26)28(34)32(29)23-7-6-8-24(18-23)35-2/h3,6-14,17-18H,1,4-5,15-16,19H2,2H3. The Bertz CT molecular complexity index is 1490. The first-order valence-electron chi connectivity index (χ1n) is 11.9. The number of methoxy groups -OCH3 is 1. The fourth-order valence-corrected chi connectivity index (χ4v) is 5.34. The van der Waals surface area contributed by atoms with Crippen LogP contribution in [0.3, 0.4) is 0 Å². The molecule has 1 aliphatic rings. The van der Waals surface area contributed by atoms with Crippen molar-refractivity contribution < 1.29 is 9.53 Å². The summed E-state index contributed by atoms with van der Waals surface area (Å²) >= 11 is 1.48. The molecule has 0 bridgehead atoms. The number of fused-ring (bicyclic) bond motifs is 1. The third-order valence-corrected chi connectivity index (χ3v) is 7.38. The number of benzene rings is 3. The predicted octanol–water partition coefficient (Wildman–Crippen LogP) is 5.57. The van der Waals surface area contributed by atoms with Gasteiger partial charge in [-0.3, -0.25) is 14.2 Å². The fourth-order valence-electron chi connectivity index (χ4n) is 4.37. The lowest BCUT2D eigenvalue weighted by Gasteiger charge is -2.17. The van der Waals surface area contributed by atoms with E-state index in [4.69, 9.17) is 9.72 Å². The Balaban J connectivity index is 1.59. The van der Waals surface area contributed by atoms with Crippen LogP contribution >= 0.6 is 11.8 Å². The molecule has 2 heterocycles. The van der Waals surface area contributed by atoms with Crippen LogP contribution in [0.2, 0.25) is 0 Å². The van der Waals surface area contributed by atoms with Crippen molar-refractivity contribution in [3.05, 3.63) is 100 Å². The van der Waals surface area contributed by atoms with Crippen LogP contribution in [0.4, 0.5) is 0 Å². The lowest BCUT2D eigenvalue weighted by Crippen LogP contribution is -2.28. The van der Waals surface area contributed by atoms with E-state index in [9.17, 15) is 9.59 Å². The summed E-state index contributed by atoms with van der Waals surface area (Å²) in [5.74, 6) is 1.28. The minimum atomic E-state index is -0.182. The average Bonchev–Trinajstić information content (AvgIpc) is 3.46. The van der Waals surface area contributed by atoms with Crippen molar-refractivity contribution in [2.24, 2.45) is 0 Å². The summed E-state index contributed by atoms with van der Waals surface area (Å²) in [5, 5.41) is 1.02. The van der Waals surface area contributed by atoms with Gasteiger partial charge in [0.05, 0.1) is 23.7 Å². The van der Waals surface area contributed by atoms with Gasteiger partial charge in [-0.2, -0.15) is 0 Å². The van der Waals surface area contributed by atoms with Gasteiger partial charge >= 0.3 is 0 Å². The van der Waals surface area contributed by atoms with E-state index in [0.717, 1.165) is 37.1 Å². The maximum Gasteiger partial charge on any atom is 0.266 e. The molecule has 1 aliphatic heterocycles. The van der Waals surface area contributed by atoms with Crippen molar-refractivity contribution in [1.29, 1.82) is 0 Å². The highest BCUT2D eigenvalue weighted by Crippen LogP contribution is 2.27. The minimum absolute atomic E-state index is 0.00955. The monoisotopic (exact) mass is 497 g/mol. The van der Waals surface area contributed by atoms with Crippen molar-refractivity contribution >= 4 is 34.6 Å². The van der Waals surface area contributed by atoms with Crippen LogP contribution < -0.4 is 10.3 Å². The second kappa shape index (κ2) is 10.4. The molecule has 0 atom stereocenters. The van der Waals surface area contributed by atoms with Crippen LogP contribution in [0, 0.1) is 0 Å². The quantitative estimate of drug-likeness (QED) is 0.247. The molecule has 6 nitrogen and oxygen atoms in total. The molecule has 4 aromatic rings. The maximum atomic E-state index is 13.7. The van der Waals surface area contributed by atoms with Crippen LogP contribution in [-0.2, 0) is 5.75 Å². The number of thioether (sulfide) groups is 1. The fraction of sp³-hybridized carbons (Fsp3) is 0.207. The Morgan fingerprint density at radius 1 is 1.08 bits per heavy atom. The molecule has 3 aromatic carbocycles. The second-order valence-corrected chi connectivity index (χ2v) is 9.64. The number of carbonyl (C=O) groups excluding carboxylic acids is 1. The van der Waals surface area contributed by atoms with E-state index < -0.39 is 0 Å². The molecule has 0 saturated carbocycles. The summed E-state index contributed by atoms with van der Waals surface area (Å²) < 4.78 is 7.01. The van der Waals surface area contributed by atoms with Crippen LogP contribution in [0.25, 0.3) is 22.7 Å². The molecule has 0 N–H and O–H groups in total. The van der Waals surface area contributed by atoms with Gasteiger partial charge in [0.15, 0.2) is 5.16 Å². The molecule has 0 unspecified atom stereocenters. The number of hydrogen-bond donors (Lipinski definition) is 0. The molecule has 1 saturated heterocycles. The van der Waals surface area contributed by atoms with E-state index in [2.05, 4.69) is 6.58 Å². The Kier molecular flexibility index (Phi) is 6.91. The molecular formula is C29H27N3O3S. The highest BCUT2D eigenvalue weighted by atomic mass is 32.2. The number of hydrogen-bond acceptors (Lipinski definition) is 5. The summed E-state index contributed by atoms with van der Waals surface area (Å²) in [6.45, 7) is 5.35. The molecule has 0 spiro atoms. The zero-order valence-corrected chi connectivity index (χ0v) is 21.0. The number of aromatic nitrogens is 2. The van der Waals surface area contributed by atoms with Gasteiger partial charge in [0.1, 0.15) is 5.75 Å². The van der Waals surface area contributed by atoms with Crippen molar-refractivity contribution in [3.63, 3.8) is 0 Å². The normalized spacial score (nSPS) is 13.2. The van der Waals surface area contributed by atoms with E-state index in [1.165, 1.54) is 11.8 Å². The molecule has 0 radical (unpaired) electrons. The summed E-state index contributed by atoms with van der Waals surface area (Å²) in [6.07, 6.45) is 3.86. The van der Waals surface area contributed by atoms with Crippen molar-refractivity contribution in [2.75, 3.05) is 20.2 Å². The van der Waals surface area contributed by atoms with Gasteiger partial charge in [0, 0.05) is 30.5 Å². The number of nitrogens with zero attached hydrogens (tertiary/aromatic N) is 3. The SMILES string of the molecule is C=Cc1ccc(CSc2nc3cc(C(=O)N4CCCC4)ccc3c(=O)n2-c2cccc(OC)c2)cc1. The third kappa shape index (κ3) is 4.79. The van der Waals surface area contributed by atoms with Crippen LogP contribution in [0.5, 0.6) is 5.75 Å². The van der Waals surface area contributed by atoms with Crippen LogP contribution in [0.1, 0.15) is 34.3 Å². The van der Waals surface area contributed by atoms with E-state index >= 15 is 0 Å². The molecular weight excluding hydrogens is 470 g/mol. The Morgan fingerprint density at radius 3 is 2.58 bits per heavy atom. The maximum absolute atomic E-state index is 13.7. The van der Waals surface area contributed by atoms with Gasteiger partial charge < -0.3 is 9.64 Å². The van der Waals surface area contributed by atoms with E-state index in [-0.39, 0.29) is 11.5 Å². The molecule has 1 fully saturated rings. The molecule has 0 aliphatic carbocycles. The van der Waals surface area contributed by atoms with Crippen LogP contribution in [0.15, 0.2) is 83.3 Å². The predicted molar refractivity (Wildman–Crippen MR) is 145 cm³/mol. The number of likely N-dealkylation sites (tertiary alicyclic amines) is 1. The molecule has 5 rings (SSSR count). The highest BCUT2D eigenvalue weighted by Gasteiger charge is 2.21. The zero-order chi connectivity index (χ0) is 25.1. The molecule has 7 heteroatoms. The third-order valence-electron chi connectivity index (χ3n) is 6.37. The first-order chi connectivity index (χ1) is 17.6. The van der Waals surface area contributed by atoms with Gasteiger partial charge in [-0.05, 0) is 54.3 Å². The smallest absolute Gasteiger partial charge is 0.266 e. The number of rotatable bonds is 7. The number of carbonyl (C=O) groups is 1. The summed E-state index contributed by atoms with van der Waals surface area (Å²) in [5.41, 5.74) is 3.74. The van der Waals surface area contributed by atoms with Gasteiger partial charge in [-0.1, -0.05) is 54.7 Å². The summed E-state index contributed by atoms with van der Waals surface area (Å²) in [6, 6.07) is 20.7. The Hall–Kier alpha value is -3.84. The first kappa shape index (κ1) is 23.9. The topological polar surface area (TPSA) is 64.4 Å². The van der Waals surface area contributed by atoms with Crippen molar-refractivity contribution in [1.82, 2.24) is 14.5 Å². The van der Waals surface area contributed by atoms with Crippen molar-refractivity contribution in [2.45, 2.75) is 23.8 Å². The van der Waals surface area contributed by atoms with Gasteiger partial charge in [-0.15, -0.1) is 0 Å². The minimum Gasteiger partial charge on any atom is -0.497 e. The van der Waals surface area contributed by atoms with Gasteiger partial charge in [0.25, 0.3) is 11.5 Å². The average molecular weight is 498 g/mol. The number of ether oxygens (including phenoxy) is 1. The van der Waals surface area contributed by atoms with E-state index in [0.29, 0.717) is 38.8 Å². The molecule has 1 amide bonds. The summed E-state index contributed by atoms with van der Waals surface area (Å²) in [4.78, 5) is 33.5. The Morgan fingerprint density at radius 2 is 1.86 bits per heavy atom. The van der Waals surface area contributed by atoms with Gasteiger partial charge in [-0.25, -0.2) is 4.98 Å². The lowest BCUT2D eigenvalue weighted by molar-refractivity contribution is 0.0793.